The summed E-state index contributed by atoms with van der Waals surface area (Å²) < 4.78 is 6.28. The van der Waals surface area contributed by atoms with Crippen LogP contribution in [0, 0.1) is 51.8 Å². The lowest BCUT2D eigenvalue weighted by atomic mass is 9.52. The number of fused-ring (bicyclic) bond motifs is 14. The van der Waals surface area contributed by atoms with Crippen molar-refractivity contribution in [3.63, 3.8) is 0 Å². The van der Waals surface area contributed by atoms with Crippen LogP contribution in [-0.4, -0.2) is 95.0 Å². The third-order valence-electron chi connectivity index (χ3n) is 21.3. The van der Waals surface area contributed by atoms with Crippen molar-refractivity contribution in [2.24, 2.45) is 51.4 Å². The number of rotatable bonds is 3. The van der Waals surface area contributed by atoms with Crippen LogP contribution >= 0.6 is 43.2 Å². The van der Waals surface area contributed by atoms with E-state index in [-0.39, 0.29) is 96.0 Å². The van der Waals surface area contributed by atoms with Gasteiger partial charge in [0, 0.05) is 76.9 Å². The molecule has 2 fully saturated rings. The number of nitrogens with two attached hydrogens (primary N) is 2. The Kier molecular flexibility index (Phi) is 16.7. The number of H-pyrrole nitrogens is 1. The molecule has 5 aromatic rings. The minimum absolute atomic E-state index is 0.00415. The highest BCUT2D eigenvalue weighted by Gasteiger charge is 2.65. The Hall–Kier alpha value is -5.16. The summed E-state index contributed by atoms with van der Waals surface area (Å²) in [5.41, 5.74) is 18.2. The quantitative estimate of drug-likeness (QED) is 0.0354. The third kappa shape index (κ3) is 11.0. The molecule has 450 valence electrons. The van der Waals surface area contributed by atoms with Crippen molar-refractivity contribution in [1.82, 2.24) is 4.98 Å². The van der Waals surface area contributed by atoms with E-state index in [1.165, 1.54) is 11.1 Å². The van der Waals surface area contributed by atoms with Gasteiger partial charge in [0.2, 0.25) is 0 Å². The van der Waals surface area contributed by atoms with E-state index in [4.69, 9.17) is 16.2 Å². The first kappa shape index (κ1) is 59.8. The van der Waals surface area contributed by atoms with Gasteiger partial charge in [-0.25, -0.2) is 0 Å². The molecule has 0 saturated heterocycles. The molecular formula is C70H77N3O9S4. The second kappa shape index (κ2) is 24.0. The van der Waals surface area contributed by atoms with Crippen molar-refractivity contribution < 1.29 is 45.0 Å². The van der Waals surface area contributed by atoms with Crippen LogP contribution in [-0.2, 0) is 36.2 Å². The molecule has 3 heterocycles. The highest BCUT2D eigenvalue weighted by molar-refractivity contribution is 8.77. The number of carbonyl (C=O) groups excluding carboxylic acids is 2. The predicted octanol–water partition coefficient (Wildman–Crippen LogP) is 11.1. The van der Waals surface area contributed by atoms with E-state index in [0.29, 0.717) is 85.3 Å². The predicted molar refractivity (Wildman–Crippen MR) is 344 cm³/mol. The fraction of sp³-hybridized carbons (Fsp3) is 0.457. The summed E-state index contributed by atoms with van der Waals surface area (Å²) in [5.74, 6) is 7.64. The van der Waals surface area contributed by atoms with Crippen LogP contribution in [0.25, 0.3) is 0 Å². The molecule has 11 N–H and O–H groups in total. The summed E-state index contributed by atoms with van der Waals surface area (Å²) in [4.78, 5) is 32.2. The zero-order valence-electron chi connectivity index (χ0n) is 48.3. The number of ketones is 2. The number of aromatic amines is 1. The van der Waals surface area contributed by atoms with Gasteiger partial charge in [-0.15, -0.1) is 0 Å². The molecule has 0 unspecified atom stereocenters. The number of ether oxygens (including phenoxy) is 1. The number of phenolic OH excluding ortho intramolecular Hbond substituents is 2. The lowest BCUT2D eigenvalue weighted by molar-refractivity contribution is -0.114. The number of aliphatic hydroxyl groups is 4. The van der Waals surface area contributed by atoms with Gasteiger partial charge in [-0.2, -0.15) is 0 Å². The number of allylic oxidation sites excluding steroid dienone is 5. The summed E-state index contributed by atoms with van der Waals surface area (Å²) in [6, 6.07) is 25.0. The van der Waals surface area contributed by atoms with E-state index in [0.717, 1.165) is 58.5 Å². The van der Waals surface area contributed by atoms with Gasteiger partial charge in [0.15, 0.2) is 23.1 Å². The fourth-order valence-electron chi connectivity index (χ4n) is 17.0. The minimum Gasteiger partial charge on any atom is -0.508 e. The first-order valence-electron chi connectivity index (χ1n) is 30.6. The number of nitrogens with one attached hydrogen (secondary N) is 1. The monoisotopic (exact) mass is 1230 g/mol. The largest absolute Gasteiger partial charge is 0.508 e. The number of aromatic nitrogens is 1. The molecule has 6 aliphatic carbocycles. The van der Waals surface area contributed by atoms with E-state index in [1.807, 2.05) is 24.3 Å². The minimum atomic E-state index is -1.33. The van der Waals surface area contributed by atoms with Crippen molar-refractivity contribution in [2.45, 2.75) is 124 Å². The topological polar surface area (TPSA) is 233 Å². The van der Waals surface area contributed by atoms with Crippen molar-refractivity contribution in [1.29, 1.82) is 0 Å². The molecule has 0 radical (unpaired) electrons. The summed E-state index contributed by atoms with van der Waals surface area (Å²) >= 11 is 0. The number of carbonyl (C=O) groups is 2. The number of phenols is 2. The molecule has 1 spiro atoms. The van der Waals surface area contributed by atoms with Crippen LogP contribution in [0.5, 0.6) is 17.2 Å². The number of hydrogen-bond acceptors (Lipinski definition) is 15. The molecule has 86 heavy (non-hydrogen) atoms. The van der Waals surface area contributed by atoms with E-state index in [1.54, 1.807) is 79.7 Å². The average Bonchev–Trinajstić information content (AvgIpc) is 1.74. The molecule has 2 saturated carbocycles. The SMILES string of the molecule is NC(N)c1cc2c3cc1CSSC[C@@H]1C[C@]4(/C=C/C(=O)CCc5ccc(O)c(c5)OCCc5ccc(O)c(c5)[C@@H]3CC(=O)c3cc[nH]c3CC#C2)C[C@@]1(O)[C@H]1C=C[C@H]4C[C@@]23C=C[C@@]4(CCC[C@@](O)(CO)C2)[C@H](CSS1)[C@@H](CO)c1ccccc1C[C@@H]34. The molecule has 16 heteroatoms. The van der Waals surface area contributed by atoms with Crippen LogP contribution in [0.4, 0.5) is 0 Å². The summed E-state index contributed by atoms with van der Waals surface area (Å²) in [6.07, 6.45) is 20.5. The molecular weight excluding hydrogens is 1160 g/mol. The molecule has 15 bridgehead atoms. The van der Waals surface area contributed by atoms with Crippen LogP contribution in [0.2, 0.25) is 0 Å². The highest BCUT2D eigenvalue weighted by Crippen LogP contribution is 2.70. The Balaban J connectivity index is 0.912. The Morgan fingerprint density at radius 2 is 1.62 bits per heavy atom. The normalized spacial score (nSPS) is 33.7. The number of aromatic hydroxyl groups is 2. The van der Waals surface area contributed by atoms with Gasteiger partial charge < -0.3 is 51.8 Å². The molecule has 12 nitrogen and oxygen atoms in total. The van der Waals surface area contributed by atoms with Crippen molar-refractivity contribution in [3.05, 3.63) is 183 Å². The number of Topliss-reactive ketones (excluding diaryl/α,β-unsaturated/α-hetero) is 1. The van der Waals surface area contributed by atoms with Gasteiger partial charge in [0.25, 0.3) is 0 Å². The van der Waals surface area contributed by atoms with Crippen LogP contribution in [0.3, 0.4) is 0 Å². The van der Waals surface area contributed by atoms with E-state index >= 15 is 0 Å². The fourth-order valence-corrected chi connectivity index (χ4v) is 22.8. The van der Waals surface area contributed by atoms with Gasteiger partial charge in [0.05, 0.1) is 48.9 Å². The second-order valence-electron chi connectivity index (χ2n) is 26.1. The summed E-state index contributed by atoms with van der Waals surface area (Å²) in [5, 5.41) is 71.8. The Morgan fingerprint density at radius 3 is 2.45 bits per heavy atom. The van der Waals surface area contributed by atoms with Gasteiger partial charge in [-0.1, -0.05) is 134 Å². The average molecular weight is 1230 g/mol. The molecule has 4 aromatic carbocycles. The molecule has 0 amide bonds. The maximum atomic E-state index is 14.5. The molecule has 8 aliphatic rings. The van der Waals surface area contributed by atoms with Crippen molar-refractivity contribution >= 4 is 54.7 Å². The molecule has 13 rings (SSSR count). The van der Waals surface area contributed by atoms with Crippen LogP contribution < -0.4 is 16.2 Å². The highest BCUT2D eigenvalue weighted by atomic mass is 33.1. The van der Waals surface area contributed by atoms with E-state index < -0.39 is 34.1 Å². The van der Waals surface area contributed by atoms with Crippen molar-refractivity contribution in [2.75, 3.05) is 31.3 Å². The molecule has 12 atom stereocenters. The summed E-state index contributed by atoms with van der Waals surface area (Å²) in [7, 11) is 6.89. The van der Waals surface area contributed by atoms with Gasteiger partial charge in [0.1, 0.15) is 5.75 Å². The lowest BCUT2D eigenvalue weighted by Crippen LogP contribution is -2.51. The molecule has 1 aromatic heterocycles. The second-order valence-corrected chi connectivity index (χ2v) is 31.1. The first-order chi connectivity index (χ1) is 41.5. The maximum Gasteiger partial charge on any atom is 0.165 e. The lowest BCUT2D eigenvalue weighted by Gasteiger charge is -2.53. The summed E-state index contributed by atoms with van der Waals surface area (Å²) in [6.45, 7) is -0.160. The maximum absolute atomic E-state index is 14.5. The zero-order valence-corrected chi connectivity index (χ0v) is 51.6. The third-order valence-corrected chi connectivity index (χ3v) is 26.5. The van der Waals surface area contributed by atoms with Crippen molar-refractivity contribution in [3.8, 4) is 29.1 Å². The van der Waals surface area contributed by atoms with E-state index in [9.17, 15) is 40.2 Å². The smallest absolute Gasteiger partial charge is 0.165 e. The molecule has 2 aliphatic heterocycles. The van der Waals surface area contributed by atoms with E-state index in [2.05, 4.69) is 77.5 Å². The van der Waals surface area contributed by atoms with Gasteiger partial charge in [-0.3, -0.25) is 9.59 Å². The van der Waals surface area contributed by atoms with Crippen LogP contribution in [0.15, 0.2) is 122 Å². The zero-order chi connectivity index (χ0) is 59.6. The Bertz CT molecular complexity index is 3610. The number of hydrogen-bond donors (Lipinski definition) is 9. The Morgan fingerprint density at radius 1 is 0.779 bits per heavy atom. The standard InChI is InChI=1S/C70H77N3O9S4/c71-65(72)53-29-44-6-3-8-58-51(18-25-73-58)61(79)32-54-52(44)30-46(53)36-83-84-37-48-34-66(22-17-49(76)13-9-42-11-15-60(78)62(28-42)82-26-19-43-10-14-59(77)55(54)27-43)40-70(48,81)64-16-12-47(66)33-67-23-24-69(21-4-20-68(80,39-67)41-75)57(38-85-86-64)56(35-74)50-7-2-1-5-45(50)31-63(67)69/h1-2,5,7,10-12,14-18,22-25,27-30,47-48,54,56-57,63-65,73-75,77-78,80-81H,4,8-9,13,19-21,26,31-41,71-72H2/b22-17+/t47-,48-,54+,56-,57+,63-,64+,66+,67-,68-,69-,70-/m0/s1. The number of aliphatic hydroxyl groups excluding tert-OH is 2. The van der Waals surface area contributed by atoms with Crippen LogP contribution in [0.1, 0.15) is 142 Å². The van der Waals surface area contributed by atoms with Gasteiger partial charge >= 0.3 is 0 Å². The number of aryl methyl sites for hydroxylation is 1. The Labute approximate surface area is 519 Å². The first-order valence-corrected chi connectivity index (χ1v) is 35.4. The number of benzene rings is 4. The van der Waals surface area contributed by atoms with Gasteiger partial charge in [-0.05, 0) is 173 Å².